The van der Waals surface area contributed by atoms with Crippen LogP contribution in [0.4, 0.5) is 5.69 Å². The molecule has 0 fully saturated rings. The molecule has 1 aromatic heterocycles. The zero-order valence-electron chi connectivity index (χ0n) is 16.2. The van der Waals surface area contributed by atoms with Crippen molar-refractivity contribution in [2.45, 2.75) is 26.3 Å². The van der Waals surface area contributed by atoms with Gasteiger partial charge in [-0.3, -0.25) is 9.59 Å². The van der Waals surface area contributed by atoms with Crippen LogP contribution in [0.3, 0.4) is 0 Å². The number of hydrogen-bond donors (Lipinski definition) is 4. The van der Waals surface area contributed by atoms with E-state index in [2.05, 4.69) is 15.6 Å². The van der Waals surface area contributed by atoms with Crippen LogP contribution in [0.1, 0.15) is 29.8 Å². The van der Waals surface area contributed by atoms with Gasteiger partial charge in [-0.25, -0.2) is 4.79 Å². The molecular weight excluding hydrogens is 370 g/mol. The molecule has 2 aromatic carbocycles. The zero-order chi connectivity index (χ0) is 21.0. The maximum atomic E-state index is 12.6. The summed E-state index contributed by atoms with van der Waals surface area (Å²) in [6.07, 6.45) is 1.91. The lowest BCUT2D eigenvalue weighted by atomic mass is 10.0. The van der Waals surface area contributed by atoms with Gasteiger partial charge in [-0.15, -0.1) is 0 Å². The van der Waals surface area contributed by atoms with Crippen molar-refractivity contribution in [3.05, 3.63) is 65.9 Å². The Morgan fingerprint density at radius 1 is 1.07 bits per heavy atom. The number of rotatable bonds is 7. The number of carbonyl (C=O) groups is 3. The summed E-state index contributed by atoms with van der Waals surface area (Å²) < 4.78 is 0. The number of hydrogen-bond acceptors (Lipinski definition) is 3. The highest BCUT2D eigenvalue weighted by atomic mass is 16.4. The summed E-state index contributed by atoms with van der Waals surface area (Å²) in [5.74, 6) is -1.99. The Bertz CT molecular complexity index is 1050. The highest BCUT2D eigenvalue weighted by molar-refractivity contribution is 5.99. The van der Waals surface area contributed by atoms with Gasteiger partial charge in [0.25, 0.3) is 5.91 Å². The summed E-state index contributed by atoms with van der Waals surface area (Å²) in [5.41, 5.74) is 2.48. The summed E-state index contributed by atoms with van der Waals surface area (Å²) in [6.45, 7) is 3.54. The SMILES string of the molecule is CC(C)C(=O)Nc1cccc(C(=O)N[C@@H](Cc2c[nH]c3ccccc23)C(=O)O)c1. The van der Waals surface area contributed by atoms with Gasteiger partial charge in [-0.05, 0) is 29.8 Å². The molecule has 0 aliphatic heterocycles. The second kappa shape index (κ2) is 8.60. The first-order valence-corrected chi connectivity index (χ1v) is 9.34. The van der Waals surface area contributed by atoms with E-state index in [4.69, 9.17) is 0 Å². The van der Waals surface area contributed by atoms with Crippen molar-refractivity contribution in [2.75, 3.05) is 5.32 Å². The number of anilines is 1. The number of carboxylic acids is 1. The highest BCUT2D eigenvalue weighted by Crippen LogP contribution is 2.19. The van der Waals surface area contributed by atoms with Crippen molar-refractivity contribution in [1.82, 2.24) is 10.3 Å². The van der Waals surface area contributed by atoms with E-state index in [9.17, 15) is 19.5 Å². The molecule has 0 spiro atoms. The standard InChI is InChI=1S/C22H23N3O4/c1-13(2)20(26)24-16-7-5-6-14(10-16)21(27)25-19(22(28)29)11-15-12-23-18-9-4-3-8-17(15)18/h3-10,12-13,19,23H,11H2,1-2H3,(H,24,26)(H,25,27)(H,28,29)/t19-/m0/s1. The first-order chi connectivity index (χ1) is 13.8. The number of carbonyl (C=O) groups excluding carboxylic acids is 2. The molecule has 29 heavy (non-hydrogen) atoms. The molecule has 1 atom stereocenters. The van der Waals surface area contributed by atoms with E-state index in [1.165, 1.54) is 6.07 Å². The molecule has 3 rings (SSSR count). The zero-order valence-corrected chi connectivity index (χ0v) is 16.2. The number of amides is 2. The van der Waals surface area contributed by atoms with Crippen LogP contribution < -0.4 is 10.6 Å². The lowest BCUT2D eigenvalue weighted by molar-refractivity contribution is -0.139. The lowest BCUT2D eigenvalue weighted by Gasteiger charge is -2.15. The maximum absolute atomic E-state index is 12.6. The van der Waals surface area contributed by atoms with Crippen LogP contribution in [0.15, 0.2) is 54.7 Å². The van der Waals surface area contributed by atoms with E-state index in [0.717, 1.165) is 16.5 Å². The molecule has 3 aromatic rings. The van der Waals surface area contributed by atoms with Crippen molar-refractivity contribution >= 4 is 34.4 Å². The maximum Gasteiger partial charge on any atom is 0.326 e. The molecule has 150 valence electrons. The van der Waals surface area contributed by atoms with Crippen molar-refractivity contribution < 1.29 is 19.5 Å². The fourth-order valence-electron chi connectivity index (χ4n) is 2.99. The van der Waals surface area contributed by atoms with Crippen molar-refractivity contribution in [3.8, 4) is 0 Å². The number of benzene rings is 2. The predicted molar refractivity (Wildman–Crippen MR) is 111 cm³/mol. The molecule has 2 amide bonds. The molecular formula is C22H23N3O4. The number of aliphatic carboxylic acids is 1. The van der Waals surface area contributed by atoms with Crippen molar-refractivity contribution in [3.63, 3.8) is 0 Å². The van der Waals surface area contributed by atoms with Gasteiger partial charge >= 0.3 is 5.97 Å². The van der Waals surface area contributed by atoms with Crippen LogP contribution in [0.25, 0.3) is 10.9 Å². The van der Waals surface area contributed by atoms with Gasteiger partial charge < -0.3 is 20.7 Å². The summed E-state index contributed by atoms with van der Waals surface area (Å²) in [5, 5.41) is 15.8. The predicted octanol–water partition coefficient (Wildman–Crippen LogP) is 3.19. The number of carboxylic acid groups (broad SMARTS) is 1. The van der Waals surface area contributed by atoms with Gasteiger partial charge in [0.1, 0.15) is 6.04 Å². The van der Waals surface area contributed by atoms with Crippen LogP contribution >= 0.6 is 0 Å². The lowest BCUT2D eigenvalue weighted by Crippen LogP contribution is -2.42. The molecule has 0 bridgehead atoms. The molecule has 0 saturated carbocycles. The largest absolute Gasteiger partial charge is 0.480 e. The molecule has 4 N–H and O–H groups in total. The fraction of sp³-hybridized carbons (Fsp3) is 0.227. The van der Waals surface area contributed by atoms with Gasteiger partial charge in [0.15, 0.2) is 0 Å². The third-order valence-corrected chi connectivity index (χ3v) is 4.62. The molecule has 0 radical (unpaired) electrons. The Balaban J connectivity index is 1.75. The quantitative estimate of drug-likeness (QED) is 0.494. The monoisotopic (exact) mass is 393 g/mol. The van der Waals surface area contributed by atoms with E-state index >= 15 is 0 Å². The first-order valence-electron chi connectivity index (χ1n) is 9.34. The average molecular weight is 393 g/mol. The summed E-state index contributed by atoms with van der Waals surface area (Å²) in [4.78, 5) is 39.3. The van der Waals surface area contributed by atoms with Gasteiger partial charge in [-0.1, -0.05) is 38.1 Å². The Kier molecular flexibility index (Phi) is 5.97. The second-order valence-electron chi connectivity index (χ2n) is 7.15. The van der Waals surface area contributed by atoms with Crippen LogP contribution in [-0.4, -0.2) is 33.9 Å². The highest BCUT2D eigenvalue weighted by Gasteiger charge is 2.22. The molecule has 0 saturated heterocycles. The number of aromatic nitrogens is 1. The number of nitrogens with one attached hydrogen (secondary N) is 3. The second-order valence-corrected chi connectivity index (χ2v) is 7.15. The topological polar surface area (TPSA) is 111 Å². The Morgan fingerprint density at radius 3 is 2.55 bits per heavy atom. The van der Waals surface area contributed by atoms with E-state index in [1.54, 1.807) is 38.2 Å². The minimum Gasteiger partial charge on any atom is -0.480 e. The normalized spacial score (nSPS) is 12.0. The van der Waals surface area contributed by atoms with E-state index < -0.39 is 17.9 Å². The Morgan fingerprint density at radius 2 is 1.83 bits per heavy atom. The van der Waals surface area contributed by atoms with Crippen molar-refractivity contribution in [2.24, 2.45) is 5.92 Å². The fourth-order valence-corrected chi connectivity index (χ4v) is 2.99. The molecule has 7 heteroatoms. The minimum atomic E-state index is -1.12. The van der Waals surface area contributed by atoms with Crippen LogP contribution in [0.2, 0.25) is 0 Å². The van der Waals surface area contributed by atoms with Crippen LogP contribution in [-0.2, 0) is 16.0 Å². The van der Waals surface area contributed by atoms with Gasteiger partial charge in [0.2, 0.25) is 5.91 Å². The Hall–Kier alpha value is -3.61. The van der Waals surface area contributed by atoms with Crippen LogP contribution in [0.5, 0.6) is 0 Å². The number of para-hydroxylation sites is 1. The summed E-state index contributed by atoms with van der Waals surface area (Å²) >= 11 is 0. The third-order valence-electron chi connectivity index (χ3n) is 4.62. The van der Waals surface area contributed by atoms with Gasteiger partial charge in [-0.2, -0.15) is 0 Å². The average Bonchev–Trinajstić information content (AvgIpc) is 3.10. The van der Waals surface area contributed by atoms with E-state index in [-0.39, 0.29) is 23.8 Å². The first kappa shape index (κ1) is 20.1. The third kappa shape index (κ3) is 4.82. The van der Waals surface area contributed by atoms with Crippen LogP contribution in [0, 0.1) is 5.92 Å². The molecule has 1 heterocycles. The van der Waals surface area contributed by atoms with Gasteiger partial charge in [0.05, 0.1) is 0 Å². The summed E-state index contributed by atoms with van der Waals surface area (Å²) in [6, 6.07) is 12.9. The summed E-state index contributed by atoms with van der Waals surface area (Å²) in [7, 11) is 0. The minimum absolute atomic E-state index is 0.148. The molecule has 0 aliphatic carbocycles. The number of fused-ring (bicyclic) bond motifs is 1. The number of aromatic amines is 1. The molecule has 0 unspecified atom stereocenters. The molecule has 0 aliphatic rings. The number of H-pyrrole nitrogens is 1. The Labute approximate surface area is 168 Å². The van der Waals surface area contributed by atoms with E-state index in [0.29, 0.717) is 5.69 Å². The van der Waals surface area contributed by atoms with Gasteiger partial charge in [0, 0.05) is 40.7 Å². The smallest absolute Gasteiger partial charge is 0.326 e. The van der Waals surface area contributed by atoms with Crippen molar-refractivity contribution in [1.29, 1.82) is 0 Å². The molecule has 7 nitrogen and oxygen atoms in total. The van der Waals surface area contributed by atoms with E-state index in [1.807, 2.05) is 24.3 Å².